The van der Waals surface area contributed by atoms with Crippen LogP contribution in [0.4, 0.5) is 0 Å². The van der Waals surface area contributed by atoms with Crippen molar-refractivity contribution in [3.8, 4) is 0 Å². The van der Waals surface area contributed by atoms with Crippen molar-refractivity contribution in [1.29, 1.82) is 0 Å². The maximum Gasteiger partial charge on any atom is 0.0317 e. The van der Waals surface area contributed by atoms with Gasteiger partial charge in [-0.05, 0) is 47.0 Å². The Labute approximate surface area is 69.7 Å². The fourth-order valence-corrected chi connectivity index (χ4v) is 2.00. The maximum absolute atomic E-state index is 7.91. The monoisotopic (exact) mass is 155 g/mol. The largest absolute Gasteiger partial charge is 0.219 e. The van der Waals surface area contributed by atoms with E-state index in [1.807, 2.05) is 0 Å². The number of hydrogen-bond donors (Lipinski definition) is 0. The van der Waals surface area contributed by atoms with Crippen LogP contribution in [0.15, 0.2) is 0 Å². The summed E-state index contributed by atoms with van der Waals surface area (Å²) in [6, 6.07) is 0. The smallest absolute Gasteiger partial charge is 0.0317 e. The molecule has 1 saturated heterocycles. The van der Waals surface area contributed by atoms with Crippen LogP contribution in [0.25, 0.3) is 0 Å². The molecule has 2 heteroatoms. The summed E-state index contributed by atoms with van der Waals surface area (Å²) in [7, 11) is 0. The van der Waals surface area contributed by atoms with Gasteiger partial charge in [-0.1, -0.05) is 0 Å². The lowest BCUT2D eigenvalue weighted by molar-refractivity contribution is -0.0365. The van der Waals surface area contributed by atoms with Crippen molar-refractivity contribution < 1.29 is 0 Å². The van der Waals surface area contributed by atoms with Gasteiger partial charge in [0, 0.05) is 11.1 Å². The average Bonchev–Trinajstić information content (AvgIpc) is 1.82. The molecule has 0 spiro atoms. The molecule has 0 bridgehead atoms. The van der Waals surface area contributed by atoms with E-state index in [-0.39, 0.29) is 11.1 Å². The fraction of sp³-hybridized carbons (Fsp3) is 1.00. The van der Waals surface area contributed by atoms with E-state index in [1.54, 1.807) is 5.01 Å². The maximum atomic E-state index is 7.91. The lowest BCUT2D eigenvalue weighted by Gasteiger charge is -2.49. The summed E-state index contributed by atoms with van der Waals surface area (Å²) in [5.41, 5.74) is 0.142. The second-order valence-electron chi connectivity index (χ2n) is 4.81. The van der Waals surface area contributed by atoms with Gasteiger partial charge in [-0.2, -0.15) is 5.84 Å². The van der Waals surface area contributed by atoms with E-state index in [1.165, 1.54) is 6.42 Å². The molecule has 0 aliphatic carbocycles. The van der Waals surface area contributed by atoms with Crippen molar-refractivity contribution in [3.05, 3.63) is 0 Å². The van der Waals surface area contributed by atoms with Gasteiger partial charge in [-0.25, -0.2) is 5.01 Å². The van der Waals surface area contributed by atoms with Crippen molar-refractivity contribution >= 4 is 0 Å². The number of piperidine rings is 1. The summed E-state index contributed by atoms with van der Waals surface area (Å²) in [6.07, 6.45) is 3.56. The van der Waals surface area contributed by atoms with Gasteiger partial charge in [0.05, 0.1) is 0 Å². The number of hydrogen-bond acceptors (Lipinski definition) is 1. The van der Waals surface area contributed by atoms with Crippen molar-refractivity contribution in [3.63, 3.8) is 0 Å². The second kappa shape index (κ2) is 2.46. The molecule has 1 fully saturated rings. The minimum absolute atomic E-state index is 0.0712. The average molecular weight is 155 g/mol. The van der Waals surface area contributed by atoms with Gasteiger partial charge >= 0.3 is 0 Å². The summed E-state index contributed by atoms with van der Waals surface area (Å²) >= 11 is 0. The minimum atomic E-state index is 0.0712. The van der Waals surface area contributed by atoms with Gasteiger partial charge in [0.2, 0.25) is 0 Å². The summed E-state index contributed by atoms with van der Waals surface area (Å²) in [6.45, 7) is 8.61. The molecule has 1 aliphatic heterocycles. The van der Waals surface area contributed by atoms with Crippen LogP contribution in [0.2, 0.25) is 0 Å². The summed E-state index contributed by atoms with van der Waals surface area (Å²) in [4.78, 5) is 0. The Hall–Kier alpha value is -0.0800. The van der Waals surface area contributed by atoms with Crippen molar-refractivity contribution in [2.45, 2.75) is 58.0 Å². The van der Waals surface area contributed by atoms with E-state index in [4.69, 9.17) is 5.84 Å². The van der Waals surface area contributed by atoms with Crippen LogP contribution in [0.1, 0.15) is 47.0 Å². The standard InChI is InChI=1S/C9H19N2/c1-8(2)6-5-7-9(3,4)11(8)10/h10H,5-7H2,1-4H3. The number of nitrogens with zero attached hydrogens (tertiary/aromatic N) is 1. The van der Waals surface area contributed by atoms with Crippen LogP contribution in [0.5, 0.6) is 0 Å². The van der Waals surface area contributed by atoms with Crippen LogP contribution in [0, 0.1) is 0 Å². The first-order valence-corrected chi connectivity index (χ1v) is 4.38. The van der Waals surface area contributed by atoms with Gasteiger partial charge in [0.1, 0.15) is 0 Å². The van der Waals surface area contributed by atoms with Crippen LogP contribution in [0.3, 0.4) is 0 Å². The molecule has 0 atom stereocenters. The quantitative estimate of drug-likeness (QED) is 0.527. The normalized spacial score (nSPS) is 30.3. The summed E-state index contributed by atoms with van der Waals surface area (Å²) in [5, 5.41) is 1.77. The Kier molecular flexibility index (Phi) is 2.01. The van der Waals surface area contributed by atoms with Gasteiger partial charge in [-0.3, -0.25) is 0 Å². The third-order valence-corrected chi connectivity index (χ3v) is 2.79. The Morgan fingerprint density at radius 1 is 1.00 bits per heavy atom. The molecule has 2 nitrogen and oxygen atoms in total. The van der Waals surface area contributed by atoms with Gasteiger partial charge < -0.3 is 0 Å². The molecule has 0 saturated carbocycles. The van der Waals surface area contributed by atoms with Crippen LogP contribution < -0.4 is 5.84 Å². The molecule has 11 heavy (non-hydrogen) atoms. The number of rotatable bonds is 0. The molecular weight excluding hydrogens is 136 g/mol. The van der Waals surface area contributed by atoms with E-state index in [2.05, 4.69) is 27.7 Å². The molecule has 1 aliphatic rings. The zero-order valence-electron chi connectivity index (χ0n) is 8.07. The molecule has 1 heterocycles. The highest BCUT2D eigenvalue weighted by Crippen LogP contribution is 2.35. The van der Waals surface area contributed by atoms with E-state index in [9.17, 15) is 0 Å². The van der Waals surface area contributed by atoms with Crippen molar-refractivity contribution in [2.75, 3.05) is 0 Å². The van der Waals surface area contributed by atoms with Gasteiger partial charge in [-0.15, -0.1) is 0 Å². The first kappa shape index (κ1) is 9.01. The molecule has 0 unspecified atom stereocenters. The lowest BCUT2D eigenvalue weighted by atomic mass is 9.82. The molecule has 65 valence electrons. The number of nitrogens with one attached hydrogen (secondary N) is 1. The molecule has 1 radical (unpaired) electrons. The Bertz CT molecular complexity index is 134. The lowest BCUT2D eigenvalue weighted by Crippen LogP contribution is -2.57. The highest BCUT2D eigenvalue weighted by Gasteiger charge is 2.39. The summed E-state index contributed by atoms with van der Waals surface area (Å²) < 4.78 is 0. The highest BCUT2D eigenvalue weighted by molar-refractivity contribution is 4.93. The van der Waals surface area contributed by atoms with Crippen LogP contribution in [-0.4, -0.2) is 16.1 Å². The molecule has 0 aromatic heterocycles. The zero-order valence-corrected chi connectivity index (χ0v) is 8.07. The van der Waals surface area contributed by atoms with Gasteiger partial charge in [0.25, 0.3) is 0 Å². The van der Waals surface area contributed by atoms with Crippen LogP contribution in [-0.2, 0) is 0 Å². The third kappa shape index (κ3) is 1.57. The predicted octanol–water partition coefficient (Wildman–Crippen LogP) is 2.23. The summed E-state index contributed by atoms with van der Waals surface area (Å²) in [5.74, 6) is 7.91. The zero-order chi connectivity index (χ0) is 8.70. The predicted molar refractivity (Wildman–Crippen MR) is 46.9 cm³/mol. The molecule has 0 aromatic rings. The SMILES string of the molecule is CC1(C)CCCC(C)(C)N1[NH]. The topological polar surface area (TPSA) is 27.0 Å². The second-order valence-corrected chi connectivity index (χ2v) is 4.81. The van der Waals surface area contributed by atoms with Gasteiger partial charge in [0.15, 0.2) is 0 Å². The van der Waals surface area contributed by atoms with E-state index >= 15 is 0 Å². The first-order chi connectivity index (χ1) is 4.86. The Morgan fingerprint density at radius 2 is 1.36 bits per heavy atom. The van der Waals surface area contributed by atoms with E-state index in [0.717, 1.165) is 12.8 Å². The van der Waals surface area contributed by atoms with Crippen molar-refractivity contribution in [2.24, 2.45) is 0 Å². The first-order valence-electron chi connectivity index (χ1n) is 4.38. The molecular formula is C9H19N2. The van der Waals surface area contributed by atoms with Crippen LogP contribution >= 0.6 is 0 Å². The Balaban J connectivity index is 2.76. The highest BCUT2D eigenvalue weighted by atomic mass is 15.5. The molecule has 1 rings (SSSR count). The fourth-order valence-electron chi connectivity index (χ4n) is 2.00. The van der Waals surface area contributed by atoms with Crippen molar-refractivity contribution in [1.82, 2.24) is 10.9 Å². The molecule has 0 amide bonds. The molecule has 1 N–H and O–H groups in total. The molecule has 0 aromatic carbocycles. The van der Waals surface area contributed by atoms with E-state index < -0.39 is 0 Å². The minimum Gasteiger partial charge on any atom is -0.219 e. The van der Waals surface area contributed by atoms with E-state index in [0.29, 0.717) is 0 Å². The third-order valence-electron chi connectivity index (χ3n) is 2.79. The Morgan fingerprint density at radius 3 is 1.64 bits per heavy atom.